The van der Waals surface area contributed by atoms with Crippen molar-refractivity contribution in [3.8, 4) is 0 Å². The summed E-state index contributed by atoms with van der Waals surface area (Å²) in [4.78, 5) is 21.5. The summed E-state index contributed by atoms with van der Waals surface area (Å²) >= 11 is 0. The number of allylic oxidation sites excluding steroid dienone is 4. The van der Waals surface area contributed by atoms with Crippen molar-refractivity contribution in [3.05, 3.63) is 24.3 Å². The highest BCUT2D eigenvalue weighted by Gasteiger charge is 2.24. The van der Waals surface area contributed by atoms with Crippen LogP contribution in [0.3, 0.4) is 0 Å². The van der Waals surface area contributed by atoms with Crippen LogP contribution >= 0.6 is 7.82 Å². The van der Waals surface area contributed by atoms with Crippen LogP contribution in [-0.4, -0.2) is 74.1 Å². The van der Waals surface area contributed by atoms with Gasteiger partial charge in [-0.2, -0.15) is 0 Å². The molecule has 0 aliphatic carbocycles. The number of nitrogens with zero attached hydrogens (tertiary/aromatic N) is 1. The number of unbranched alkanes of at least 4 members (excludes halogenated alkanes) is 12. The minimum atomic E-state index is -4.25. The molecule has 0 amide bonds. The number of hydrogen-bond acceptors (Lipinski definition) is 6. The smallest absolute Gasteiger partial charge is 0.463 e. The standard InChI is InChI=1S/C30H58NO7P/c1-5-6-7-8-9-10-11-12-13-14-15-16-17-18-19-20-21-22-23-24-30(33)36-27-29(32)28-38-39(34,35)37-26-25-31(2,3)4/h9-10,12-13,29,32H,5-8,11,14-28H2,1-4H3/p+1/b10-9+,13-12+/t29-/m1/s1. The Bertz CT molecular complexity index is 691. The second-order valence-electron chi connectivity index (χ2n) is 11.3. The number of phosphoric ester groups is 1. The fourth-order valence-electron chi connectivity index (χ4n) is 3.74. The van der Waals surface area contributed by atoms with E-state index in [1.807, 2.05) is 21.1 Å². The number of aliphatic hydroxyl groups is 1. The van der Waals surface area contributed by atoms with Crippen LogP contribution in [0.2, 0.25) is 0 Å². The van der Waals surface area contributed by atoms with Crippen molar-refractivity contribution >= 4 is 13.8 Å². The molecular weight excluding hydrogens is 517 g/mol. The summed E-state index contributed by atoms with van der Waals surface area (Å²) in [6.07, 6.45) is 26.1. The molecule has 0 aliphatic rings. The third-order valence-electron chi connectivity index (χ3n) is 6.21. The minimum absolute atomic E-state index is 0.0535. The Morgan fingerprint density at radius 2 is 1.33 bits per heavy atom. The minimum Gasteiger partial charge on any atom is -0.463 e. The first-order valence-electron chi connectivity index (χ1n) is 15.1. The summed E-state index contributed by atoms with van der Waals surface area (Å²) in [6.45, 7) is 2.10. The zero-order valence-electron chi connectivity index (χ0n) is 25.4. The maximum absolute atomic E-state index is 11.9. The van der Waals surface area contributed by atoms with Crippen molar-refractivity contribution in [2.75, 3.05) is 47.5 Å². The summed E-state index contributed by atoms with van der Waals surface area (Å²) in [5.74, 6) is -0.377. The van der Waals surface area contributed by atoms with Gasteiger partial charge in [0.25, 0.3) is 0 Å². The highest BCUT2D eigenvalue weighted by molar-refractivity contribution is 7.47. The molecule has 0 aromatic rings. The van der Waals surface area contributed by atoms with Crippen molar-refractivity contribution in [3.63, 3.8) is 0 Å². The third-order valence-corrected chi connectivity index (χ3v) is 7.20. The van der Waals surface area contributed by atoms with Gasteiger partial charge in [-0.05, 0) is 38.5 Å². The number of carbonyl (C=O) groups is 1. The van der Waals surface area contributed by atoms with Crippen LogP contribution in [0.15, 0.2) is 24.3 Å². The first-order valence-corrected chi connectivity index (χ1v) is 16.6. The molecule has 0 saturated heterocycles. The lowest BCUT2D eigenvalue weighted by atomic mass is 10.1. The van der Waals surface area contributed by atoms with E-state index in [2.05, 4.69) is 31.2 Å². The van der Waals surface area contributed by atoms with Gasteiger partial charge in [-0.25, -0.2) is 4.57 Å². The van der Waals surface area contributed by atoms with Crippen LogP contribution in [-0.2, 0) is 23.1 Å². The molecule has 0 aromatic heterocycles. The summed E-state index contributed by atoms with van der Waals surface area (Å²) in [5.41, 5.74) is 0. The topological polar surface area (TPSA) is 102 Å². The quantitative estimate of drug-likeness (QED) is 0.0353. The number of quaternary nitrogens is 1. The Morgan fingerprint density at radius 1 is 0.795 bits per heavy atom. The van der Waals surface area contributed by atoms with Crippen molar-refractivity contribution in [2.45, 2.75) is 116 Å². The molecule has 0 bridgehead atoms. The molecule has 39 heavy (non-hydrogen) atoms. The number of hydrogen-bond donors (Lipinski definition) is 2. The molecule has 2 N–H and O–H groups in total. The first-order chi connectivity index (χ1) is 18.6. The average Bonchev–Trinajstić information content (AvgIpc) is 2.86. The lowest BCUT2D eigenvalue weighted by Crippen LogP contribution is -2.37. The van der Waals surface area contributed by atoms with Gasteiger partial charge in [-0.15, -0.1) is 0 Å². The van der Waals surface area contributed by atoms with E-state index in [1.54, 1.807) is 0 Å². The van der Waals surface area contributed by atoms with Crippen LogP contribution in [0.4, 0.5) is 0 Å². The molecule has 0 aromatic carbocycles. The molecule has 0 radical (unpaired) electrons. The summed E-state index contributed by atoms with van der Waals surface area (Å²) in [5, 5.41) is 9.85. The Labute approximate surface area is 239 Å². The molecule has 2 atom stereocenters. The van der Waals surface area contributed by atoms with Gasteiger partial charge in [0, 0.05) is 6.42 Å². The molecule has 0 saturated carbocycles. The van der Waals surface area contributed by atoms with E-state index >= 15 is 0 Å². The molecule has 0 aliphatic heterocycles. The van der Waals surface area contributed by atoms with Crippen LogP contribution in [0, 0.1) is 0 Å². The molecule has 8 nitrogen and oxygen atoms in total. The highest BCUT2D eigenvalue weighted by Crippen LogP contribution is 2.43. The molecule has 0 spiro atoms. The molecule has 0 rings (SSSR count). The highest BCUT2D eigenvalue weighted by atomic mass is 31.2. The van der Waals surface area contributed by atoms with Crippen molar-refractivity contribution < 1.29 is 37.6 Å². The van der Waals surface area contributed by atoms with E-state index in [0.29, 0.717) is 17.4 Å². The van der Waals surface area contributed by atoms with E-state index < -0.39 is 20.5 Å². The van der Waals surface area contributed by atoms with Crippen LogP contribution in [0.1, 0.15) is 110 Å². The predicted octanol–water partition coefficient (Wildman–Crippen LogP) is 7.10. The number of phosphoric acid groups is 1. The molecule has 0 fully saturated rings. The summed E-state index contributed by atoms with van der Waals surface area (Å²) in [7, 11) is 1.56. The van der Waals surface area contributed by atoms with E-state index in [9.17, 15) is 19.4 Å². The number of ether oxygens (including phenoxy) is 1. The Kier molecular flexibility index (Phi) is 24.1. The molecule has 1 unspecified atom stereocenters. The number of carbonyl (C=O) groups excluding carboxylic acids is 1. The fourth-order valence-corrected chi connectivity index (χ4v) is 4.49. The fraction of sp³-hybridized carbons (Fsp3) is 0.833. The van der Waals surface area contributed by atoms with Crippen LogP contribution in [0.5, 0.6) is 0 Å². The number of esters is 1. The normalized spacial score (nSPS) is 14.7. The van der Waals surface area contributed by atoms with Crippen molar-refractivity contribution in [1.29, 1.82) is 0 Å². The van der Waals surface area contributed by atoms with Gasteiger partial charge in [0.2, 0.25) is 0 Å². The van der Waals surface area contributed by atoms with E-state index in [4.69, 9.17) is 13.8 Å². The zero-order valence-corrected chi connectivity index (χ0v) is 26.3. The van der Waals surface area contributed by atoms with Gasteiger partial charge in [-0.1, -0.05) is 89.0 Å². The van der Waals surface area contributed by atoms with Gasteiger partial charge in [0.1, 0.15) is 25.9 Å². The number of aliphatic hydroxyl groups excluding tert-OH is 1. The first kappa shape index (κ1) is 38.0. The lowest BCUT2D eigenvalue weighted by Gasteiger charge is -2.24. The monoisotopic (exact) mass is 576 g/mol. The SMILES string of the molecule is CCCCC/C=C/C/C=C/CCCCCCCCCCCC(=O)OC[C@@H](O)COP(=O)(O)OCC[N+](C)(C)C. The Morgan fingerprint density at radius 3 is 1.90 bits per heavy atom. The summed E-state index contributed by atoms with van der Waals surface area (Å²) < 4.78 is 27.1. The number of likely N-dealkylation sites (N-methyl/N-ethyl adjacent to an activating group) is 1. The van der Waals surface area contributed by atoms with Crippen molar-refractivity contribution in [2.24, 2.45) is 0 Å². The second-order valence-corrected chi connectivity index (χ2v) is 12.8. The van der Waals surface area contributed by atoms with Crippen molar-refractivity contribution in [1.82, 2.24) is 0 Å². The molecule has 0 heterocycles. The number of rotatable bonds is 27. The zero-order chi connectivity index (χ0) is 29.2. The summed E-state index contributed by atoms with van der Waals surface area (Å²) in [6, 6.07) is 0. The molecular formula is C30H59NO7P+. The second kappa shape index (κ2) is 24.8. The average molecular weight is 577 g/mol. The Hall–Kier alpha value is -1.02. The van der Waals surface area contributed by atoms with Gasteiger partial charge in [0.05, 0.1) is 27.7 Å². The van der Waals surface area contributed by atoms with Gasteiger partial charge in [-0.3, -0.25) is 13.8 Å². The van der Waals surface area contributed by atoms with Crippen LogP contribution < -0.4 is 0 Å². The van der Waals surface area contributed by atoms with Gasteiger partial charge in [0.15, 0.2) is 0 Å². The molecule has 230 valence electrons. The van der Waals surface area contributed by atoms with Crippen LogP contribution in [0.25, 0.3) is 0 Å². The lowest BCUT2D eigenvalue weighted by molar-refractivity contribution is -0.870. The van der Waals surface area contributed by atoms with E-state index in [-0.39, 0.29) is 19.2 Å². The predicted molar refractivity (Wildman–Crippen MR) is 159 cm³/mol. The Balaban J connectivity index is 3.53. The third kappa shape index (κ3) is 29.8. The van der Waals surface area contributed by atoms with E-state index in [0.717, 1.165) is 25.7 Å². The maximum Gasteiger partial charge on any atom is 0.472 e. The van der Waals surface area contributed by atoms with E-state index in [1.165, 1.54) is 70.6 Å². The largest absolute Gasteiger partial charge is 0.472 e. The van der Waals surface area contributed by atoms with Gasteiger partial charge >= 0.3 is 13.8 Å². The van der Waals surface area contributed by atoms with Gasteiger partial charge < -0.3 is 19.2 Å². The molecule has 9 heteroatoms. The maximum atomic E-state index is 11.9.